The van der Waals surface area contributed by atoms with Gasteiger partial charge in [-0.2, -0.15) is 0 Å². The lowest BCUT2D eigenvalue weighted by molar-refractivity contribution is -0.123. The number of hydrogen-bond donors (Lipinski definition) is 3. The molecule has 2 aromatic rings. The van der Waals surface area contributed by atoms with Gasteiger partial charge in [0.25, 0.3) is 11.8 Å². The second-order valence-corrected chi connectivity index (χ2v) is 5.53. The van der Waals surface area contributed by atoms with E-state index >= 15 is 0 Å². The Kier molecular flexibility index (Phi) is 6.84. The molecule has 0 aromatic heterocycles. The van der Waals surface area contributed by atoms with Crippen LogP contribution < -0.4 is 25.8 Å². The molecule has 138 valence electrons. The van der Waals surface area contributed by atoms with E-state index in [9.17, 15) is 9.59 Å². The first-order valence-corrected chi connectivity index (χ1v) is 8.23. The zero-order valence-corrected chi connectivity index (χ0v) is 14.9. The highest BCUT2D eigenvalue weighted by atomic mass is 16.5. The number of nitrogens with one attached hydrogen (secondary N) is 2. The van der Waals surface area contributed by atoms with Crippen LogP contribution >= 0.6 is 0 Å². The minimum absolute atomic E-state index is 0.0859. The predicted molar refractivity (Wildman–Crippen MR) is 99.2 cm³/mol. The summed E-state index contributed by atoms with van der Waals surface area (Å²) in [4.78, 5) is 23.6. The number of methoxy groups -OCH3 is 1. The maximum atomic E-state index is 12.1. The molecule has 4 N–H and O–H groups in total. The van der Waals surface area contributed by atoms with Crippen LogP contribution in [0.2, 0.25) is 0 Å². The molecule has 0 aliphatic rings. The number of anilines is 1. The molecule has 0 heterocycles. The smallest absolute Gasteiger partial charge is 0.257 e. The summed E-state index contributed by atoms with van der Waals surface area (Å²) in [5.41, 5.74) is 7.60. The van der Waals surface area contributed by atoms with Crippen molar-refractivity contribution >= 4 is 17.5 Å². The SMILES string of the molecule is CCNC(=O)COc1ccc(CNC(=O)c2ccc(N)cc2)cc1OC. The van der Waals surface area contributed by atoms with Gasteiger partial charge in [0.2, 0.25) is 0 Å². The zero-order chi connectivity index (χ0) is 18.9. The van der Waals surface area contributed by atoms with Crippen LogP contribution in [0.25, 0.3) is 0 Å². The first-order valence-electron chi connectivity index (χ1n) is 8.23. The summed E-state index contributed by atoms with van der Waals surface area (Å²) >= 11 is 0. The number of carbonyl (C=O) groups excluding carboxylic acids is 2. The van der Waals surface area contributed by atoms with Crippen molar-refractivity contribution in [3.63, 3.8) is 0 Å². The molecule has 7 nitrogen and oxygen atoms in total. The van der Waals surface area contributed by atoms with Gasteiger partial charge in [0.15, 0.2) is 18.1 Å². The van der Waals surface area contributed by atoms with Crippen molar-refractivity contribution in [1.29, 1.82) is 0 Å². The maximum Gasteiger partial charge on any atom is 0.257 e. The number of rotatable bonds is 8. The lowest BCUT2D eigenvalue weighted by atomic mass is 10.1. The zero-order valence-electron chi connectivity index (χ0n) is 14.9. The summed E-state index contributed by atoms with van der Waals surface area (Å²) in [5, 5.41) is 5.49. The Morgan fingerprint density at radius 1 is 1.04 bits per heavy atom. The van der Waals surface area contributed by atoms with E-state index < -0.39 is 0 Å². The predicted octanol–water partition coefficient (Wildman–Crippen LogP) is 1.72. The topological polar surface area (TPSA) is 103 Å². The summed E-state index contributed by atoms with van der Waals surface area (Å²) < 4.78 is 10.8. The van der Waals surface area contributed by atoms with Crippen LogP contribution in [0.15, 0.2) is 42.5 Å². The molecule has 0 bridgehead atoms. The molecule has 0 spiro atoms. The number of amides is 2. The van der Waals surface area contributed by atoms with Crippen molar-refractivity contribution in [2.45, 2.75) is 13.5 Å². The molecule has 0 aliphatic carbocycles. The van der Waals surface area contributed by atoms with Crippen molar-refractivity contribution in [2.24, 2.45) is 0 Å². The molecule has 7 heteroatoms. The van der Waals surface area contributed by atoms with Gasteiger partial charge >= 0.3 is 0 Å². The number of nitrogen functional groups attached to an aromatic ring is 1. The van der Waals surface area contributed by atoms with Crippen molar-refractivity contribution in [1.82, 2.24) is 10.6 Å². The highest BCUT2D eigenvalue weighted by molar-refractivity contribution is 5.94. The third kappa shape index (κ3) is 5.41. The Morgan fingerprint density at radius 2 is 1.77 bits per heavy atom. The molecule has 2 amide bonds. The number of likely N-dealkylation sites (N-methyl/N-ethyl adjacent to an activating group) is 1. The van der Waals surface area contributed by atoms with E-state index in [1.807, 2.05) is 6.92 Å². The van der Waals surface area contributed by atoms with Gasteiger partial charge < -0.3 is 25.8 Å². The number of benzene rings is 2. The average Bonchev–Trinajstić information content (AvgIpc) is 2.65. The van der Waals surface area contributed by atoms with Crippen LogP contribution in [-0.2, 0) is 11.3 Å². The Labute approximate surface area is 152 Å². The summed E-state index contributed by atoms with van der Waals surface area (Å²) in [5.74, 6) is 0.566. The van der Waals surface area contributed by atoms with E-state index in [4.69, 9.17) is 15.2 Å². The fourth-order valence-electron chi connectivity index (χ4n) is 2.25. The van der Waals surface area contributed by atoms with Crippen LogP contribution in [0.3, 0.4) is 0 Å². The van der Waals surface area contributed by atoms with Crippen molar-refractivity contribution in [3.05, 3.63) is 53.6 Å². The van der Waals surface area contributed by atoms with Crippen LogP contribution in [0.5, 0.6) is 11.5 Å². The fraction of sp³-hybridized carbons (Fsp3) is 0.263. The average molecular weight is 357 g/mol. The Bertz CT molecular complexity index is 760. The molecule has 2 aromatic carbocycles. The molecule has 0 saturated heterocycles. The molecule has 0 unspecified atom stereocenters. The van der Waals surface area contributed by atoms with Gasteiger partial charge in [-0.1, -0.05) is 6.07 Å². The Balaban J connectivity index is 1.96. The van der Waals surface area contributed by atoms with E-state index in [1.54, 1.807) is 42.5 Å². The van der Waals surface area contributed by atoms with Crippen molar-refractivity contribution < 1.29 is 19.1 Å². The maximum absolute atomic E-state index is 12.1. The van der Waals surface area contributed by atoms with Crippen molar-refractivity contribution in [3.8, 4) is 11.5 Å². The van der Waals surface area contributed by atoms with Crippen LogP contribution in [0.1, 0.15) is 22.8 Å². The number of nitrogens with two attached hydrogens (primary N) is 1. The number of ether oxygens (including phenoxy) is 2. The minimum atomic E-state index is -0.200. The summed E-state index contributed by atoms with van der Waals surface area (Å²) in [7, 11) is 1.52. The molecular weight excluding hydrogens is 334 g/mol. The summed E-state index contributed by atoms with van der Waals surface area (Å²) in [6.07, 6.45) is 0. The summed E-state index contributed by atoms with van der Waals surface area (Å²) in [6.45, 7) is 2.63. The molecule has 2 rings (SSSR count). The standard InChI is InChI=1S/C19H23N3O4/c1-3-21-18(23)12-26-16-9-4-13(10-17(16)25-2)11-22-19(24)14-5-7-15(20)8-6-14/h4-10H,3,11-12,20H2,1-2H3,(H,21,23)(H,22,24). The van der Waals surface area contributed by atoms with Gasteiger partial charge in [-0.3, -0.25) is 9.59 Å². The summed E-state index contributed by atoms with van der Waals surface area (Å²) in [6, 6.07) is 12.0. The molecule has 0 aliphatic heterocycles. The van der Waals surface area contributed by atoms with Gasteiger partial charge in [-0.05, 0) is 48.9 Å². The second kappa shape index (κ2) is 9.31. The third-order valence-electron chi connectivity index (χ3n) is 3.59. The first kappa shape index (κ1) is 19.1. The van der Waals surface area contributed by atoms with E-state index in [2.05, 4.69) is 10.6 Å². The van der Waals surface area contributed by atoms with Crippen LogP contribution in [-0.4, -0.2) is 32.1 Å². The van der Waals surface area contributed by atoms with Gasteiger partial charge in [0, 0.05) is 24.3 Å². The quantitative estimate of drug-likeness (QED) is 0.624. The van der Waals surface area contributed by atoms with Gasteiger partial charge in [0.05, 0.1) is 7.11 Å². The van der Waals surface area contributed by atoms with Gasteiger partial charge in [-0.25, -0.2) is 0 Å². The third-order valence-corrected chi connectivity index (χ3v) is 3.59. The largest absolute Gasteiger partial charge is 0.493 e. The monoisotopic (exact) mass is 357 g/mol. The molecule has 0 atom stereocenters. The lowest BCUT2D eigenvalue weighted by Crippen LogP contribution is -2.28. The first-order chi connectivity index (χ1) is 12.5. The van der Waals surface area contributed by atoms with E-state index in [0.29, 0.717) is 35.8 Å². The lowest BCUT2D eigenvalue weighted by Gasteiger charge is -2.12. The van der Waals surface area contributed by atoms with Gasteiger partial charge in [-0.15, -0.1) is 0 Å². The number of hydrogen-bond acceptors (Lipinski definition) is 5. The molecule has 26 heavy (non-hydrogen) atoms. The van der Waals surface area contributed by atoms with E-state index in [-0.39, 0.29) is 18.4 Å². The van der Waals surface area contributed by atoms with Crippen molar-refractivity contribution in [2.75, 3.05) is 26.0 Å². The second-order valence-electron chi connectivity index (χ2n) is 5.53. The molecular formula is C19H23N3O4. The fourth-order valence-corrected chi connectivity index (χ4v) is 2.25. The van der Waals surface area contributed by atoms with E-state index in [1.165, 1.54) is 7.11 Å². The highest BCUT2D eigenvalue weighted by Crippen LogP contribution is 2.28. The Hall–Kier alpha value is -3.22. The van der Waals surface area contributed by atoms with Crippen LogP contribution in [0, 0.1) is 0 Å². The van der Waals surface area contributed by atoms with E-state index in [0.717, 1.165) is 5.56 Å². The van der Waals surface area contributed by atoms with Gasteiger partial charge in [0.1, 0.15) is 0 Å². The highest BCUT2D eigenvalue weighted by Gasteiger charge is 2.10. The van der Waals surface area contributed by atoms with Crippen LogP contribution in [0.4, 0.5) is 5.69 Å². The minimum Gasteiger partial charge on any atom is -0.493 e. The number of carbonyl (C=O) groups is 2. The molecule has 0 radical (unpaired) electrons. The normalized spacial score (nSPS) is 10.1. The molecule has 0 saturated carbocycles. The Morgan fingerprint density at radius 3 is 2.42 bits per heavy atom. The molecule has 0 fully saturated rings.